The van der Waals surface area contributed by atoms with E-state index in [1.54, 1.807) is 18.2 Å². The van der Waals surface area contributed by atoms with Crippen LogP contribution in [0.2, 0.25) is 0 Å². The molecule has 24 heavy (non-hydrogen) atoms. The van der Waals surface area contributed by atoms with Crippen molar-refractivity contribution in [1.29, 1.82) is 0 Å². The summed E-state index contributed by atoms with van der Waals surface area (Å²) < 4.78 is 10.8. The van der Waals surface area contributed by atoms with Crippen molar-refractivity contribution < 1.29 is 19.3 Å². The van der Waals surface area contributed by atoms with Crippen molar-refractivity contribution in [1.82, 2.24) is 0 Å². The maximum atomic E-state index is 11.1. The van der Waals surface area contributed by atoms with Crippen LogP contribution >= 0.6 is 0 Å². The van der Waals surface area contributed by atoms with E-state index in [1.807, 2.05) is 19.1 Å². The number of rotatable bonds is 6. The first-order valence-corrected chi connectivity index (χ1v) is 6.87. The standard InChI is InChI=1S/C16H14N2O6/c1-3-4-11-5-7-15(16(9-11)23-2)24-14-8-6-12(17(19)20)10-13(14)18(21)22/h3-10H,1-2H3/b4-3+. The van der Waals surface area contributed by atoms with Crippen molar-refractivity contribution in [3.8, 4) is 17.2 Å². The number of ether oxygens (including phenoxy) is 2. The Labute approximate surface area is 137 Å². The maximum absolute atomic E-state index is 11.1. The van der Waals surface area contributed by atoms with Crippen molar-refractivity contribution >= 4 is 17.5 Å². The van der Waals surface area contributed by atoms with Crippen LogP contribution in [0, 0.1) is 20.2 Å². The number of hydrogen-bond acceptors (Lipinski definition) is 6. The molecule has 0 aliphatic rings. The molecule has 0 aliphatic carbocycles. The highest BCUT2D eigenvalue weighted by molar-refractivity contribution is 5.59. The van der Waals surface area contributed by atoms with E-state index in [0.29, 0.717) is 5.75 Å². The number of nitro benzene ring substituents is 2. The van der Waals surface area contributed by atoms with Crippen molar-refractivity contribution in [3.63, 3.8) is 0 Å². The van der Waals surface area contributed by atoms with E-state index < -0.39 is 15.5 Å². The van der Waals surface area contributed by atoms with Crippen LogP contribution in [-0.4, -0.2) is 17.0 Å². The van der Waals surface area contributed by atoms with E-state index >= 15 is 0 Å². The van der Waals surface area contributed by atoms with Gasteiger partial charge in [0.05, 0.1) is 23.0 Å². The fraction of sp³-hybridized carbons (Fsp3) is 0.125. The van der Waals surface area contributed by atoms with E-state index in [2.05, 4.69) is 0 Å². The number of nitrogens with zero attached hydrogens (tertiary/aromatic N) is 2. The Balaban J connectivity index is 2.44. The van der Waals surface area contributed by atoms with E-state index in [9.17, 15) is 20.2 Å². The topological polar surface area (TPSA) is 105 Å². The number of hydrogen-bond donors (Lipinski definition) is 0. The molecule has 0 radical (unpaired) electrons. The van der Waals surface area contributed by atoms with Crippen LogP contribution in [0.5, 0.6) is 17.2 Å². The quantitative estimate of drug-likeness (QED) is 0.576. The molecule has 2 aromatic carbocycles. The summed E-state index contributed by atoms with van der Waals surface area (Å²) in [6, 6.07) is 8.27. The molecule has 0 N–H and O–H groups in total. The maximum Gasteiger partial charge on any atom is 0.318 e. The van der Waals surface area contributed by atoms with Gasteiger partial charge in [-0.3, -0.25) is 20.2 Å². The van der Waals surface area contributed by atoms with Crippen molar-refractivity contribution in [2.75, 3.05) is 7.11 Å². The van der Waals surface area contributed by atoms with E-state index in [0.717, 1.165) is 17.7 Å². The molecule has 0 atom stereocenters. The number of benzene rings is 2. The Morgan fingerprint density at radius 1 is 0.958 bits per heavy atom. The highest BCUT2D eigenvalue weighted by atomic mass is 16.6. The summed E-state index contributed by atoms with van der Waals surface area (Å²) in [5.74, 6) is 0.545. The molecule has 8 heteroatoms. The third-order valence-corrected chi connectivity index (χ3v) is 3.12. The van der Waals surface area contributed by atoms with Gasteiger partial charge >= 0.3 is 5.69 Å². The van der Waals surface area contributed by atoms with E-state index in [-0.39, 0.29) is 17.2 Å². The third kappa shape index (κ3) is 3.67. The van der Waals surface area contributed by atoms with Gasteiger partial charge in [0, 0.05) is 6.07 Å². The summed E-state index contributed by atoms with van der Waals surface area (Å²) in [6.07, 6.45) is 3.72. The average Bonchev–Trinajstić information content (AvgIpc) is 2.56. The van der Waals surface area contributed by atoms with E-state index in [4.69, 9.17) is 9.47 Å². The second kappa shape index (κ2) is 7.23. The van der Waals surface area contributed by atoms with Gasteiger partial charge in [-0.05, 0) is 30.7 Å². The number of methoxy groups -OCH3 is 1. The second-order valence-electron chi connectivity index (χ2n) is 4.68. The SMILES string of the molecule is C/C=C/c1ccc(Oc2ccc([N+](=O)[O-])cc2[N+](=O)[O-])c(OC)c1. The molecule has 0 amide bonds. The van der Waals surface area contributed by atoms with Crippen LogP contribution in [-0.2, 0) is 0 Å². The van der Waals surface area contributed by atoms with Gasteiger partial charge in [-0.1, -0.05) is 18.2 Å². The van der Waals surface area contributed by atoms with Gasteiger partial charge < -0.3 is 9.47 Å². The predicted molar refractivity (Wildman–Crippen MR) is 87.5 cm³/mol. The lowest BCUT2D eigenvalue weighted by molar-refractivity contribution is -0.394. The molecular weight excluding hydrogens is 316 g/mol. The van der Waals surface area contributed by atoms with Gasteiger partial charge in [0.25, 0.3) is 5.69 Å². The predicted octanol–water partition coefficient (Wildman–Crippen LogP) is 4.34. The molecule has 0 aromatic heterocycles. The first-order chi connectivity index (χ1) is 11.5. The fourth-order valence-corrected chi connectivity index (χ4v) is 2.03. The molecule has 0 unspecified atom stereocenters. The molecule has 8 nitrogen and oxygen atoms in total. The minimum atomic E-state index is -0.733. The molecule has 2 rings (SSSR count). The van der Waals surface area contributed by atoms with Crippen LogP contribution in [0.1, 0.15) is 12.5 Å². The molecule has 0 saturated heterocycles. The van der Waals surface area contributed by atoms with Gasteiger partial charge in [-0.25, -0.2) is 0 Å². The number of nitro groups is 2. The van der Waals surface area contributed by atoms with Crippen molar-refractivity contribution in [2.24, 2.45) is 0 Å². The van der Waals surface area contributed by atoms with Gasteiger partial charge in [-0.2, -0.15) is 0 Å². The van der Waals surface area contributed by atoms with Gasteiger partial charge in [-0.15, -0.1) is 0 Å². The Morgan fingerprint density at radius 2 is 1.67 bits per heavy atom. The minimum absolute atomic E-state index is 0.109. The summed E-state index contributed by atoms with van der Waals surface area (Å²) in [5, 5.41) is 21.9. The van der Waals surface area contributed by atoms with Crippen LogP contribution in [0.25, 0.3) is 6.08 Å². The Morgan fingerprint density at radius 3 is 2.25 bits per heavy atom. The molecule has 0 bridgehead atoms. The average molecular weight is 330 g/mol. The number of allylic oxidation sites excluding steroid dienone is 1. The first-order valence-electron chi connectivity index (χ1n) is 6.87. The molecule has 0 saturated carbocycles. The lowest BCUT2D eigenvalue weighted by Gasteiger charge is -2.11. The normalized spacial score (nSPS) is 10.6. The fourth-order valence-electron chi connectivity index (χ4n) is 2.03. The Bertz CT molecular complexity index is 816. The molecule has 0 heterocycles. The molecular formula is C16H14N2O6. The van der Waals surface area contributed by atoms with Crippen molar-refractivity contribution in [3.05, 3.63) is 68.3 Å². The van der Waals surface area contributed by atoms with E-state index in [1.165, 1.54) is 13.2 Å². The summed E-state index contributed by atoms with van der Waals surface area (Å²) >= 11 is 0. The van der Waals surface area contributed by atoms with Crippen LogP contribution < -0.4 is 9.47 Å². The third-order valence-electron chi connectivity index (χ3n) is 3.12. The minimum Gasteiger partial charge on any atom is -0.493 e. The van der Waals surface area contributed by atoms with Gasteiger partial charge in [0.2, 0.25) is 5.75 Å². The Hall–Kier alpha value is -3.42. The molecule has 0 spiro atoms. The highest BCUT2D eigenvalue weighted by Crippen LogP contribution is 2.38. The molecule has 2 aromatic rings. The summed E-state index contributed by atoms with van der Waals surface area (Å²) in [5.41, 5.74) is -0.00636. The molecule has 124 valence electrons. The lowest BCUT2D eigenvalue weighted by Crippen LogP contribution is -1.97. The smallest absolute Gasteiger partial charge is 0.318 e. The van der Waals surface area contributed by atoms with Gasteiger partial charge in [0.1, 0.15) is 0 Å². The lowest BCUT2D eigenvalue weighted by atomic mass is 10.2. The van der Waals surface area contributed by atoms with Crippen LogP contribution in [0.4, 0.5) is 11.4 Å². The summed E-state index contributed by atoms with van der Waals surface area (Å²) in [7, 11) is 1.45. The molecule has 0 aliphatic heterocycles. The largest absolute Gasteiger partial charge is 0.493 e. The van der Waals surface area contributed by atoms with Crippen molar-refractivity contribution in [2.45, 2.75) is 6.92 Å². The zero-order chi connectivity index (χ0) is 17.7. The highest BCUT2D eigenvalue weighted by Gasteiger charge is 2.22. The summed E-state index contributed by atoms with van der Waals surface area (Å²) in [4.78, 5) is 20.5. The van der Waals surface area contributed by atoms with Gasteiger partial charge in [0.15, 0.2) is 11.5 Å². The second-order valence-corrected chi connectivity index (χ2v) is 4.68. The Kier molecular flexibility index (Phi) is 5.10. The zero-order valence-corrected chi connectivity index (χ0v) is 13.0. The first kappa shape index (κ1) is 16.9. The molecule has 0 fully saturated rings. The monoisotopic (exact) mass is 330 g/mol. The number of non-ortho nitro benzene ring substituents is 1. The zero-order valence-electron chi connectivity index (χ0n) is 13.0. The van der Waals surface area contributed by atoms with Crippen LogP contribution in [0.15, 0.2) is 42.5 Å². The van der Waals surface area contributed by atoms with Crippen LogP contribution in [0.3, 0.4) is 0 Å². The summed E-state index contributed by atoms with van der Waals surface area (Å²) in [6.45, 7) is 1.87.